The second-order valence-corrected chi connectivity index (χ2v) is 3.20. The Kier molecular flexibility index (Phi) is 1.53. The number of nitrogen functional groups attached to an aromatic ring is 1. The fourth-order valence-corrected chi connectivity index (χ4v) is 1.52. The van der Waals surface area contributed by atoms with Gasteiger partial charge >= 0.3 is 0 Å². The summed E-state index contributed by atoms with van der Waals surface area (Å²) in [5, 5.41) is 8.88. The van der Waals surface area contributed by atoms with Gasteiger partial charge in [0.15, 0.2) is 0 Å². The molecule has 0 unspecified atom stereocenters. The van der Waals surface area contributed by atoms with Crippen LogP contribution in [-0.2, 0) is 0 Å². The molecule has 0 fully saturated rings. The largest absolute Gasteiger partial charge is 0.382 e. The predicted octanol–water partition coefficient (Wildman–Crippen LogP) is 1.16. The van der Waals surface area contributed by atoms with Crippen LogP contribution in [0.15, 0.2) is 30.6 Å². The molecule has 0 saturated heterocycles. The van der Waals surface area contributed by atoms with E-state index < -0.39 is 0 Å². The molecule has 2 heterocycles. The quantitative estimate of drug-likeness (QED) is 0.585. The van der Waals surface area contributed by atoms with Gasteiger partial charge in [-0.2, -0.15) is 0 Å². The van der Waals surface area contributed by atoms with Crippen LogP contribution >= 0.6 is 0 Å². The molecule has 0 amide bonds. The molecular formula is C10H7N5. The smallest absolute Gasteiger partial charge is 0.146 e. The van der Waals surface area contributed by atoms with Crippen LogP contribution in [0.3, 0.4) is 0 Å². The molecule has 0 aliphatic rings. The molecule has 0 radical (unpaired) electrons. The van der Waals surface area contributed by atoms with E-state index in [2.05, 4.69) is 20.2 Å². The van der Waals surface area contributed by atoms with E-state index in [0.717, 1.165) is 21.9 Å². The number of nitrogens with zero attached hydrogens (tertiary/aromatic N) is 4. The maximum absolute atomic E-state index is 5.57. The second kappa shape index (κ2) is 2.84. The Bertz CT molecular complexity index is 649. The van der Waals surface area contributed by atoms with Gasteiger partial charge in [-0.15, -0.1) is 10.2 Å². The monoisotopic (exact) mass is 197 g/mol. The lowest BCUT2D eigenvalue weighted by atomic mass is 10.2. The van der Waals surface area contributed by atoms with Crippen LogP contribution in [0.1, 0.15) is 0 Å². The Morgan fingerprint density at radius 1 is 0.867 bits per heavy atom. The van der Waals surface area contributed by atoms with Crippen molar-refractivity contribution >= 4 is 27.8 Å². The first-order valence-corrected chi connectivity index (χ1v) is 4.47. The van der Waals surface area contributed by atoms with Crippen LogP contribution in [0.25, 0.3) is 21.9 Å². The highest BCUT2D eigenvalue weighted by molar-refractivity contribution is 6.00. The van der Waals surface area contributed by atoms with E-state index in [1.165, 1.54) is 6.33 Å². The maximum Gasteiger partial charge on any atom is 0.146 e. The van der Waals surface area contributed by atoms with Crippen LogP contribution in [-0.4, -0.2) is 20.2 Å². The molecule has 2 aromatic heterocycles. The molecule has 72 valence electrons. The van der Waals surface area contributed by atoms with Crippen LogP contribution in [0.5, 0.6) is 0 Å². The predicted molar refractivity (Wildman–Crippen MR) is 57.0 cm³/mol. The molecule has 5 heteroatoms. The number of benzene rings is 1. The molecule has 2 N–H and O–H groups in total. The number of hydrogen-bond donors (Lipinski definition) is 1. The lowest BCUT2D eigenvalue weighted by molar-refractivity contribution is 1.10. The van der Waals surface area contributed by atoms with Crippen molar-refractivity contribution in [2.45, 2.75) is 0 Å². The second-order valence-electron chi connectivity index (χ2n) is 3.20. The minimum atomic E-state index is 0.388. The number of hydrogen-bond acceptors (Lipinski definition) is 5. The van der Waals surface area contributed by atoms with Crippen molar-refractivity contribution in [1.29, 1.82) is 0 Å². The molecule has 3 aromatic rings. The zero-order valence-corrected chi connectivity index (χ0v) is 7.75. The summed E-state index contributed by atoms with van der Waals surface area (Å²) in [6.07, 6.45) is 1.52. The maximum atomic E-state index is 5.57. The normalized spacial score (nSPS) is 10.9. The van der Waals surface area contributed by atoms with E-state index in [4.69, 9.17) is 5.73 Å². The van der Waals surface area contributed by atoms with Gasteiger partial charge in [-0.05, 0) is 18.2 Å². The zero-order chi connectivity index (χ0) is 10.3. The summed E-state index contributed by atoms with van der Waals surface area (Å²) in [7, 11) is 0. The summed E-state index contributed by atoms with van der Waals surface area (Å²) in [6.45, 7) is 0. The third-order valence-corrected chi connectivity index (χ3v) is 2.24. The van der Waals surface area contributed by atoms with Gasteiger partial charge < -0.3 is 5.73 Å². The van der Waals surface area contributed by atoms with Gasteiger partial charge in [0.05, 0.1) is 5.52 Å². The van der Waals surface area contributed by atoms with E-state index in [1.54, 1.807) is 6.07 Å². The van der Waals surface area contributed by atoms with Crippen molar-refractivity contribution in [1.82, 2.24) is 20.2 Å². The number of imidazole rings is 1. The summed E-state index contributed by atoms with van der Waals surface area (Å²) in [5.74, 6) is 0.388. The number of aromatic nitrogens is 4. The van der Waals surface area contributed by atoms with Crippen molar-refractivity contribution in [3.05, 3.63) is 30.6 Å². The third-order valence-electron chi connectivity index (χ3n) is 2.24. The zero-order valence-electron chi connectivity index (χ0n) is 7.75. The Hall–Kier alpha value is -2.30. The molecule has 1 aromatic carbocycles. The van der Waals surface area contributed by atoms with Crippen LogP contribution in [0, 0.1) is 0 Å². The highest BCUT2D eigenvalue weighted by Gasteiger charge is 2.03. The molecule has 0 spiro atoms. The number of anilines is 1. The number of nitrogens with two attached hydrogens (primary N) is 1. The molecule has 3 rings (SSSR count). The summed E-state index contributed by atoms with van der Waals surface area (Å²) in [5.41, 5.74) is 7.87. The van der Waals surface area contributed by atoms with Gasteiger partial charge in [0.1, 0.15) is 23.2 Å². The van der Waals surface area contributed by atoms with Gasteiger partial charge in [0, 0.05) is 5.39 Å². The third kappa shape index (κ3) is 1.17. The number of rotatable bonds is 0. The Balaban J connectivity index is 2.58. The molecule has 5 nitrogen and oxygen atoms in total. The molecule has 15 heavy (non-hydrogen) atoms. The topological polar surface area (TPSA) is 77.6 Å². The highest BCUT2D eigenvalue weighted by Crippen LogP contribution is 2.19. The SMILES string of the molecule is Nc1ccc2ccc3ncnc3c2nn1. The van der Waals surface area contributed by atoms with E-state index >= 15 is 0 Å². The summed E-state index contributed by atoms with van der Waals surface area (Å²) in [4.78, 5) is 8.25. The first-order chi connectivity index (χ1) is 7.34. The molecule has 0 atom stereocenters. The van der Waals surface area contributed by atoms with Crippen molar-refractivity contribution in [3.8, 4) is 0 Å². The van der Waals surface area contributed by atoms with Crippen LogP contribution in [0.4, 0.5) is 5.82 Å². The van der Waals surface area contributed by atoms with Gasteiger partial charge in [-0.1, -0.05) is 6.07 Å². The standard InChI is InChI=1S/C10H7N5/c11-8-4-2-6-1-3-7-10(13-5-12-7)9(6)15-14-8/h1-5H,(H2,11,14). The summed E-state index contributed by atoms with van der Waals surface area (Å²) >= 11 is 0. The summed E-state index contributed by atoms with van der Waals surface area (Å²) in [6, 6.07) is 7.43. The van der Waals surface area contributed by atoms with Crippen molar-refractivity contribution in [2.24, 2.45) is 0 Å². The highest BCUT2D eigenvalue weighted by atomic mass is 15.1. The molecular weight excluding hydrogens is 190 g/mol. The Morgan fingerprint density at radius 3 is 2.67 bits per heavy atom. The van der Waals surface area contributed by atoms with Gasteiger partial charge in [0.2, 0.25) is 0 Å². The fraction of sp³-hybridized carbons (Fsp3) is 0. The van der Waals surface area contributed by atoms with Crippen molar-refractivity contribution in [3.63, 3.8) is 0 Å². The lowest BCUT2D eigenvalue weighted by Gasteiger charge is -1.90. The van der Waals surface area contributed by atoms with Crippen LogP contribution < -0.4 is 5.73 Å². The Labute approximate surface area is 85.0 Å². The minimum Gasteiger partial charge on any atom is -0.382 e. The first kappa shape index (κ1) is 8.05. The Morgan fingerprint density at radius 2 is 1.73 bits per heavy atom. The van der Waals surface area contributed by atoms with Crippen LogP contribution in [0.2, 0.25) is 0 Å². The average Bonchev–Trinajstić information content (AvgIpc) is 2.64. The average molecular weight is 197 g/mol. The number of fused-ring (bicyclic) bond motifs is 3. The lowest BCUT2D eigenvalue weighted by Crippen LogP contribution is -1.86. The van der Waals surface area contributed by atoms with Crippen molar-refractivity contribution in [2.75, 3.05) is 5.73 Å². The minimum absolute atomic E-state index is 0.388. The van der Waals surface area contributed by atoms with E-state index in [9.17, 15) is 0 Å². The van der Waals surface area contributed by atoms with E-state index in [-0.39, 0.29) is 0 Å². The molecule has 0 aliphatic carbocycles. The van der Waals surface area contributed by atoms with Gasteiger partial charge in [0.25, 0.3) is 0 Å². The van der Waals surface area contributed by atoms with E-state index in [1.807, 2.05) is 18.2 Å². The first-order valence-electron chi connectivity index (χ1n) is 4.47. The van der Waals surface area contributed by atoms with Crippen molar-refractivity contribution < 1.29 is 0 Å². The molecule has 0 bridgehead atoms. The van der Waals surface area contributed by atoms with Gasteiger partial charge in [-0.3, -0.25) is 0 Å². The van der Waals surface area contributed by atoms with E-state index in [0.29, 0.717) is 5.82 Å². The molecule has 0 saturated carbocycles. The molecule has 0 aliphatic heterocycles. The van der Waals surface area contributed by atoms with Gasteiger partial charge in [-0.25, -0.2) is 9.97 Å². The summed E-state index contributed by atoms with van der Waals surface area (Å²) < 4.78 is 0. The fourth-order valence-electron chi connectivity index (χ4n) is 1.52.